The molecule has 0 aliphatic rings. The Morgan fingerprint density at radius 1 is 1.23 bits per heavy atom. The second-order valence-electron chi connectivity index (χ2n) is 7.41. The number of benzene rings is 1. The first-order chi connectivity index (χ1) is 15.0. The predicted octanol–water partition coefficient (Wildman–Crippen LogP) is 3.15. The minimum absolute atomic E-state index is 0.224. The molecule has 4 rings (SSSR count). The number of nitriles is 1. The number of aliphatic hydroxyl groups is 1. The number of aromatic nitrogens is 4. The molecule has 7 nitrogen and oxygen atoms in total. The minimum atomic E-state index is -0.569. The maximum Gasteiger partial charge on any atom is 0.254 e. The normalized spacial score (nSPS) is 11.9. The van der Waals surface area contributed by atoms with Crippen LogP contribution in [0.5, 0.6) is 0 Å². The molecule has 0 unspecified atom stereocenters. The molecule has 0 bridgehead atoms. The van der Waals surface area contributed by atoms with E-state index in [9.17, 15) is 15.2 Å². The summed E-state index contributed by atoms with van der Waals surface area (Å²) in [6, 6.07) is 11.0. The quantitative estimate of drug-likeness (QED) is 0.506. The van der Waals surface area contributed by atoms with Crippen LogP contribution in [-0.4, -0.2) is 30.2 Å². The minimum Gasteiger partial charge on any atom is -0.394 e. The lowest BCUT2D eigenvalue weighted by atomic mass is 10.0. The van der Waals surface area contributed by atoms with Crippen molar-refractivity contribution < 1.29 is 5.11 Å². The summed E-state index contributed by atoms with van der Waals surface area (Å²) >= 11 is 1.23. The van der Waals surface area contributed by atoms with Crippen LogP contribution < -0.4 is 5.56 Å². The van der Waals surface area contributed by atoms with E-state index in [1.807, 2.05) is 42.8 Å². The van der Waals surface area contributed by atoms with Crippen molar-refractivity contribution in [3.05, 3.63) is 98.4 Å². The van der Waals surface area contributed by atoms with Gasteiger partial charge in [-0.1, -0.05) is 12.1 Å². The second-order valence-corrected chi connectivity index (χ2v) is 8.28. The Morgan fingerprint density at radius 2 is 2.06 bits per heavy atom. The van der Waals surface area contributed by atoms with Crippen LogP contribution in [0.3, 0.4) is 0 Å². The van der Waals surface area contributed by atoms with E-state index in [1.54, 1.807) is 24.7 Å². The summed E-state index contributed by atoms with van der Waals surface area (Å²) in [5.74, 6) is 0. The zero-order valence-corrected chi connectivity index (χ0v) is 18.0. The monoisotopic (exact) mass is 431 g/mol. The van der Waals surface area contributed by atoms with Crippen molar-refractivity contribution in [2.75, 3.05) is 6.61 Å². The summed E-state index contributed by atoms with van der Waals surface area (Å²) in [5, 5.41) is 19.4. The lowest BCUT2D eigenvalue weighted by Crippen LogP contribution is -2.30. The fourth-order valence-electron chi connectivity index (χ4n) is 3.68. The molecule has 1 N–H and O–H groups in total. The highest BCUT2D eigenvalue weighted by Gasteiger charge is 2.19. The number of hydrogen-bond donors (Lipinski definition) is 1. The van der Waals surface area contributed by atoms with Gasteiger partial charge in [0.25, 0.3) is 5.56 Å². The average molecular weight is 432 g/mol. The van der Waals surface area contributed by atoms with Crippen LogP contribution in [0.1, 0.15) is 38.9 Å². The fourth-order valence-corrected chi connectivity index (χ4v) is 4.36. The summed E-state index contributed by atoms with van der Waals surface area (Å²) < 4.78 is 7.48. The van der Waals surface area contributed by atoms with Gasteiger partial charge in [0.05, 0.1) is 35.1 Å². The fraction of sp³-hybridized carbons (Fsp3) is 0.217. The third kappa shape index (κ3) is 4.19. The number of rotatable bonds is 6. The first kappa shape index (κ1) is 20.7. The van der Waals surface area contributed by atoms with Crippen molar-refractivity contribution >= 4 is 11.5 Å². The molecule has 0 saturated carbocycles. The largest absolute Gasteiger partial charge is 0.394 e. The first-order valence-electron chi connectivity index (χ1n) is 9.77. The van der Waals surface area contributed by atoms with Crippen LogP contribution in [0.2, 0.25) is 0 Å². The van der Waals surface area contributed by atoms with E-state index in [2.05, 4.69) is 15.4 Å². The maximum absolute atomic E-state index is 13.2. The topological polar surface area (TPSA) is 96.7 Å². The number of nitrogens with zero attached hydrogens (tertiary/aromatic N) is 5. The molecule has 0 aliphatic carbocycles. The van der Waals surface area contributed by atoms with Gasteiger partial charge in [0.2, 0.25) is 0 Å². The van der Waals surface area contributed by atoms with Gasteiger partial charge in [-0.2, -0.15) is 5.26 Å². The zero-order valence-electron chi connectivity index (χ0n) is 17.2. The van der Waals surface area contributed by atoms with E-state index < -0.39 is 6.04 Å². The van der Waals surface area contributed by atoms with Crippen LogP contribution >= 0.6 is 11.5 Å². The highest BCUT2D eigenvalue weighted by Crippen LogP contribution is 2.22. The van der Waals surface area contributed by atoms with Crippen LogP contribution in [0.4, 0.5) is 0 Å². The number of aliphatic hydroxyl groups excluding tert-OH is 1. The molecule has 3 aromatic heterocycles. The molecule has 0 aliphatic heterocycles. The number of pyridine rings is 1. The SMILES string of the molecule is Cc1cn(-c2ccc(Cc3cc(C#N)cn([C@@H](CO)c4ccns4)c3=O)cc2C)cn1. The molecular weight excluding hydrogens is 410 g/mol. The van der Waals surface area contributed by atoms with E-state index >= 15 is 0 Å². The third-order valence-corrected chi connectivity index (χ3v) is 6.03. The molecule has 1 aromatic carbocycles. The van der Waals surface area contributed by atoms with Gasteiger partial charge in [-0.05, 0) is 54.7 Å². The van der Waals surface area contributed by atoms with Gasteiger partial charge >= 0.3 is 0 Å². The Bertz CT molecular complexity index is 1310. The van der Waals surface area contributed by atoms with Gasteiger partial charge < -0.3 is 14.2 Å². The lowest BCUT2D eigenvalue weighted by Gasteiger charge is -2.17. The van der Waals surface area contributed by atoms with E-state index in [4.69, 9.17) is 0 Å². The predicted molar refractivity (Wildman–Crippen MR) is 119 cm³/mol. The van der Waals surface area contributed by atoms with E-state index in [1.165, 1.54) is 22.3 Å². The van der Waals surface area contributed by atoms with Crippen molar-refractivity contribution in [3.63, 3.8) is 0 Å². The smallest absolute Gasteiger partial charge is 0.254 e. The van der Waals surface area contributed by atoms with Crippen molar-refractivity contribution in [1.29, 1.82) is 5.26 Å². The molecule has 1 atom stereocenters. The van der Waals surface area contributed by atoms with Crippen LogP contribution in [-0.2, 0) is 6.42 Å². The van der Waals surface area contributed by atoms with Gasteiger partial charge in [-0.15, -0.1) is 0 Å². The highest BCUT2D eigenvalue weighted by atomic mass is 32.1. The van der Waals surface area contributed by atoms with E-state index in [0.717, 1.165) is 27.4 Å². The van der Waals surface area contributed by atoms with Gasteiger partial charge in [0.15, 0.2) is 0 Å². The number of hydrogen-bond acceptors (Lipinski definition) is 6. The van der Waals surface area contributed by atoms with E-state index in [-0.39, 0.29) is 12.2 Å². The number of imidazole rings is 1. The van der Waals surface area contributed by atoms with E-state index in [0.29, 0.717) is 17.5 Å². The Labute approximate surface area is 183 Å². The summed E-state index contributed by atoms with van der Waals surface area (Å²) in [6.45, 7) is 3.71. The van der Waals surface area contributed by atoms with Gasteiger partial charge in [0, 0.05) is 36.3 Å². The average Bonchev–Trinajstić information content (AvgIpc) is 3.43. The molecular formula is C23H21N5O2S. The molecule has 0 fully saturated rings. The summed E-state index contributed by atoms with van der Waals surface area (Å²) in [4.78, 5) is 18.3. The van der Waals surface area contributed by atoms with Crippen LogP contribution in [0.15, 0.2) is 60.0 Å². The Hall–Kier alpha value is -3.54. The summed E-state index contributed by atoms with van der Waals surface area (Å²) in [6.07, 6.45) is 7.27. The van der Waals surface area contributed by atoms with Crippen molar-refractivity contribution in [1.82, 2.24) is 18.5 Å². The van der Waals surface area contributed by atoms with Crippen LogP contribution in [0, 0.1) is 25.2 Å². The Morgan fingerprint density at radius 3 is 2.68 bits per heavy atom. The van der Waals surface area contributed by atoms with Crippen molar-refractivity contribution in [2.45, 2.75) is 26.3 Å². The summed E-state index contributed by atoms with van der Waals surface area (Å²) in [5.41, 5.74) is 4.65. The second kappa shape index (κ2) is 8.68. The standard InChI is InChI=1S/C23H21N5O2S/c1-15-7-17(3-4-20(15)27-11-16(2)25-14-27)8-19-9-18(10-24)12-28(23(19)30)21(13-29)22-5-6-26-31-22/h3-7,9,11-12,14,21,29H,8,13H2,1-2H3/t21-/m0/s1. The highest BCUT2D eigenvalue weighted by molar-refractivity contribution is 7.05. The Balaban J connectivity index is 1.71. The lowest BCUT2D eigenvalue weighted by molar-refractivity contribution is 0.248. The maximum atomic E-state index is 13.2. The molecule has 156 valence electrons. The molecule has 4 aromatic rings. The molecule has 3 heterocycles. The zero-order chi connectivity index (χ0) is 22.0. The molecule has 0 saturated heterocycles. The first-order valence-corrected chi connectivity index (χ1v) is 10.5. The van der Waals surface area contributed by atoms with Gasteiger partial charge in [-0.25, -0.2) is 9.36 Å². The Kier molecular flexibility index (Phi) is 5.80. The molecule has 0 radical (unpaired) electrons. The molecule has 8 heteroatoms. The van der Waals surface area contributed by atoms with Crippen molar-refractivity contribution in [2.24, 2.45) is 0 Å². The summed E-state index contributed by atoms with van der Waals surface area (Å²) in [7, 11) is 0. The molecule has 31 heavy (non-hydrogen) atoms. The van der Waals surface area contributed by atoms with Gasteiger partial charge in [-0.3, -0.25) is 4.79 Å². The van der Waals surface area contributed by atoms with Crippen LogP contribution in [0.25, 0.3) is 5.69 Å². The third-order valence-electron chi connectivity index (χ3n) is 5.19. The van der Waals surface area contributed by atoms with Crippen molar-refractivity contribution in [3.8, 4) is 11.8 Å². The van der Waals surface area contributed by atoms with Gasteiger partial charge in [0.1, 0.15) is 6.07 Å². The molecule has 0 amide bonds. The molecule has 0 spiro atoms. The number of aryl methyl sites for hydroxylation is 2.